The summed E-state index contributed by atoms with van der Waals surface area (Å²) in [4.78, 5) is 49.3. The first kappa shape index (κ1) is 38.2. The second-order valence-electron chi connectivity index (χ2n) is 12.2. The quantitative estimate of drug-likeness (QED) is 0.210. The van der Waals surface area contributed by atoms with E-state index < -0.39 is 33.6 Å². The van der Waals surface area contributed by atoms with Gasteiger partial charge in [-0.25, -0.2) is 32.1 Å². The Hall–Kier alpha value is -6.07. The summed E-state index contributed by atoms with van der Waals surface area (Å²) in [7, 11) is -1.50. The molecule has 3 N–H and O–H groups in total. The number of hydrogen-bond donors (Lipinski definition) is 3. The molecule has 6 rings (SSSR count). The van der Waals surface area contributed by atoms with Crippen LogP contribution in [-0.2, 0) is 33.5 Å². The number of aromatic nitrogens is 4. The number of benzene rings is 2. The van der Waals surface area contributed by atoms with Crippen LogP contribution in [0.3, 0.4) is 0 Å². The Morgan fingerprint density at radius 3 is 2.53 bits per heavy atom. The van der Waals surface area contributed by atoms with Gasteiger partial charge in [0.05, 0.1) is 43.8 Å². The van der Waals surface area contributed by atoms with Gasteiger partial charge in [-0.1, -0.05) is 38.0 Å². The van der Waals surface area contributed by atoms with Crippen molar-refractivity contribution >= 4 is 56.8 Å². The topological polar surface area (TPSA) is 217 Å². The number of terminal acetylenes is 1. The number of halogens is 1. The van der Waals surface area contributed by atoms with Gasteiger partial charge in [-0.3, -0.25) is 15.0 Å². The molecule has 3 amide bonds. The zero-order valence-electron chi connectivity index (χ0n) is 28.7. The van der Waals surface area contributed by atoms with E-state index in [1.54, 1.807) is 4.72 Å². The van der Waals surface area contributed by atoms with E-state index in [9.17, 15) is 27.2 Å². The number of methoxy groups -OCH3 is 2. The maximum absolute atomic E-state index is 14.5. The van der Waals surface area contributed by atoms with E-state index in [0.29, 0.717) is 16.2 Å². The maximum Gasteiger partial charge on any atom is 0.335 e. The van der Waals surface area contributed by atoms with Crippen molar-refractivity contribution in [2.75, 3.05) is 37.6 Å². The average molecular weight is 769 g/mol. The molecule has 17 nitrogen and oxygen atoms in total. The van der Waals surface area contributed by atoms with E-state index in [2.05, 4.69) is 44.4 Å². The summed E-state index contributed by atoms with van der Waals surface area (Å²) in [5.41, 5.74) is 0.533. The van der Waals surface area contributed by atoms with Gasteiger partial charge in [0.15, 0.2) is 12.4 Å². The summed E-state index contributed by atoms with van der Waals surface area (Å²) < 4.78 is 62.3. The number of carboxylic acids is 1. The SMILES string of the molecule is C#CCN1C(=O)COc2cc(F)c(N=c3snc4n3CC(C)(C)C4)cc21.COc1cc(OC)nc(NC(=O)NS(=O)(=O)Cc2ccccc2C(=O)O)n1. The van der Waals surface area contributed by atoms with Gasteiger partial charge in [0, 0.05) is 30.6 Å². The van der Waals surface area contributed by atoms with E-state index in [1.165, 1.54) is 73.1 Å². The van der Waals surface area contributed by atoms with E-state index in [1.807, 2.05) is 4.57 Å². The maximum atomic E-state index is 14.5. The number of urea groups is 1. The van der Waals surface area contributed by atoms with Crippen molar-refractivity contribution in [2.24, 2.45) is 10.4 Å². The predicted octanol–water partition coefficient (Wildman–Crippen LogP) is 3.10. The largest absolute Gasteiger partial charge is 0.481 e. The molecule has 2 aromatic carbocycles. The lowest BCUT2D eigenvalue weighted by Crippen LogP contribution is -2.39. The second kappa shape index (κ2) is 15.7. The average Bonchev–Trinajstić information content (AvgIpc) is 3.60. The molecule has 0 unspecified atom stereocenters. The minimum absolute atomic E-state index is 0.0320. The van der Waals surface area contributed by atoms with E-state index in [0.717, 1.165) is 18.8 Å². The number of sulfonamides is 1. The number of nitrogens with zero attached hydrogens (tertiary/aromatic N) is 6. The highest BCUT2D eigenvalue weighted by Crippen LogP contribution is 2.37. The highest BCUT2D eigenvalue weighted by Gasteiger charge is 2.31. The van der Waals surface area contributed by atoms with Crippen LogP contribution in [0.15, 0.2) is 47.5 Å². The van der Waals surface area contributed by atoms with Crippen LogP contribution in [-0.4, -0.2) is 77.7 Å². The van der Waals surface area contributed by atoms with Gasteiger partial charge < -0.3 is 23.9 Å². The first-order valence-corrected chi connectivity index (χ1v) is 17.9. The zero-order chi connectivity index (χ0) is 38.5. The van der Waals surface area contributed by atoms with Crippen LogP contribution in [0.5, 0.6) is 17.5 Å². The van der Waals surface area contributed by atoms with Crippen LogP contribution in [0.25, 0.3) is 0 Å². The van der Waals surface area contributed by atoms with Gasteiger partial charge in [-0.15, -0.1) is 6.42 Å². The number of aromatic carboxylic acids is 1. The summed E-state index contributed by atoms with van der Waals surface area (Å²) in [6.45, 7) is 5.05. The predicted molar refractivity (Wildman–Crippen MR) is 189 cm³/mol. The summed E-state index contributed by atoms with van der Waals surface area (Å²) in [6, 6.07) is 8.56. The Kier molecular flexibility index (Phi) is 11.3. The molecule has 0 atom stereocenters. The molecule has 278 valence electrons. The number of rotatable bonds is 9. The highest BCUT2D eigenvalue weighted by atomic mass is 32.2. The molecule has 0 saturated carbocycles. The molecule has 2 aliphatic rings. The second-order valence-corrected chi connectivity index (χ2v) is 14.7. The number of fused-ring (bicyclic) bond motifs is 2. The van der Waals surface area contributed by atoms with Gasteiger partial charge >= 0.3 is 12.0 Å². The standard InChI is InChI=1S/C18H17FN4O2S.C15H16N4O7S/c1-4-5-22-13-7-12(11(19)6-14(13)25-9-16(22)24)20-17-23-10-18(2,3)8-15(23)21-26-17;1-25-11-7-12(26-2)17-14(16-11)18-15(22)19-27(23,24)8-9-5-3-4-6-10(9)13(20)21/h1,6-7H,5,8-10H2,2-3H3;3-7H,8H2,1-2H3,(H,20,21)(H2,16,17,18,19,22). The molecule has 0 fully saturated rings. The molecule has 4 heterocycles. The number of ether oxygens (including phenoxy) is 3. The normalized spacial score (nSPS) is 14.5. The van der Waals surface area contributed by atoms with Gasteiger partial charge in [-0.2, -0.15) is 14.3 Å². The number of carbonyl (C=O) groups excluding carboxylic acids is 2. The molecule has 2 aromatic heterocycles. The van der Waals surface area contributed by atoms with Crippen LogP contribution in [0, 0.1) is 23.6 Å². The fourth-order valence-corrected chi connectivity index (χ4v) is 7.10. The van der Waals surface area contributed by atoms with Gasteiger partial charge in [0.1, 0.15) is 17.3 Å². The summed E-state index contributed by atoms with van der Waals surface area (Å²) in [5, 5.41) is 11.2. The number of carboxylic acid groups (broad SMARTS) is 1. The molecule has 20 heteroatoms. The minimum Gasteiger partial charge on any atom is -0.481 e. The molecule has 0 radical (unpaired) electrons. The molecule has 2 aliphatic heterocycles. The molecular weight excluding hydrogens is 736 g/mol. The lowest BCUT2D eigenvalue weighted by Gasteiger charge is -2.28. The number of hydrogen-bond acceptors (Lipinski definition) is 13. The van der Waals surface area contributed by atoms with E-state index in [-0.39, 0.29) is 59.0 Å². The third kappa shape index (κ3) is 9.24. The van der Waals surface area contributed by atoms with E-state index >= 15 is 0 Å². The fourth-order valence-electron chi connectivity index (χ4n) is 5.28. The molecular formula is C33H33FN8O9S2. The number of nitrogens with one attached hydrogen (secondary N) is 2. The van der Waals surface area contributed by atoms with Crippen molar-refractivity contribution in [3.05, 3.63) is 70.0 Å². The van der Waals surface area contributed by atoms with Crippen LogP contribution in [0.2, 0.25) is 0 Å². The third-order valence-electron chi connectivity index (χ3n) is 7.60. The van der Waals surface area contributed by atoms with E-state index in [4.69, 9.17) is 25.7 Å². The lowest BCUT2D eigenvalue weighted by atomic mass is 9.92. The zero-order valence-corrected chi connectivity index (χ0v) is 30.4. The molecule has 0 bridgehead atoms. The van der Waals surface area contributed by atoms with Crippen molar-refractivity contribution in [2.45, 2.75) is 32.6 Å². The summed E-state index contributed by atoms with van der Waals surface area (Å²) in [6.07, 6.45) is 6.22. The number of carbonyl (C=O) groups is 3. The molecule has 0 spiro atoms. The number of amides is 3. The minimum atomic E-state index is -4.18. The Bertz CT molecular complexity index is 2280. The highest BCUT2D eigenvalue weighted by molar-refractivity contribution is 7.89. The molecule has 0 aliphatic carbocycles. The smallest absolute Gasteiger partial charge is 0.335 e. The fraction of sp³-hybridized carbons (Fsp3) is 0.303. The summed E-state index contributed by atoms with van der Waals surface area (Å²) >= 11 is 1.24. The first-order chi connectivity index (χ1) is 25.1. The first-order valence-electron chi connectivity index (χ1n) is 15.5. The Morgan fingerprint density at radius 2 is 1.87 bits per heavy atom. The van der Waals surface area contributed by atoms with Crippen molar-refractivity contribution in [3.63, 3.8) is 0 Å². The van der Waals surface area contributed by atoms with Crippen molar-refractivity contribution in [3.8, 4) is 29.9 Å². The van der Waals surface area contributed by atoms with Crippen LogP contribution < -0.4 is 34.0 Å². The molecule has 53 heavy (non-hydrogen) atoms. The Morgan fingerprint density at radius 1 is 1.17 bits per heavy atom. The number of anilines is 2. The van der Waals surface area contributed by atoms with Gasteiger partial charge in [-0.05, 0) is 23.1 Å². The van der Waals surface area contributed by atoms with Crippen molar-refractivity contribution in [1.29, 1.82) is 0 Å². The van der Waals surface area contributed by atoms with Gasteiger partial charge in [0.2, 0.25) is 32.5 Å². The molecule has 0 saturated heterocycles. The van der Waals surface area contributed by atoms with Gasteiger partial charge in [0.25, 0.3) is 5.91 Å². The Labute approximate surface area is 306 Å². The van der Waals surface area contributed by atoms with Crippen LogP contribution in [0.1, 0.15) is 35.6 Å². The third-order valence-corrected chi connectivity index (χ3v) is 9.56. The summed E-state index contributed by atoms with van der Waals surface area (Å²) in [5.74, 6) is 0.883. The Balaban J connectivity index is 0.000000204. The molecule has 4 aromatic rings. The monoisotopic (exact) mass is 768 g/mol. The van der Waals surface area contributed by atoms with Crippen LogP contribution >= 0.6 is 11.5 Å². The van der Waals surface area contributed by atoms with Crippen molar-refractivity contribution < 1.29 is 46.5 Å². The van der Waals surface area contributed by atoms with Crippen LogP contribution in [0.4, 0.5) is 26.5 Å². The lowest BCUT2D eigenvalue weighted by molar-refractivity contribution is -0.121. The van der Waals surface area contributed by atoms with Crippen molar-refractivity contribution in [1.82, 2.24) is 23.6 Å².